The second-order valence-electron chi connectivity index (χ2n) is 5.05. The lowest BCUT2D eigenvalue weighted by molar-refractivity contribution is 0.414. The third kappa shape index (κ3) is 3.15. The van der Waals surface area contributed by atoms with Crippen molar-refractivity contribution in [3.8, 4) is 16.9 Å². The zero-order valence-corrected chi connectivity index (χ0v) is 11.8. The van der Waals surface area contributed by atoms with Crippen LogP contribution in [0.1, 0.15) is 30.9 Å². The molecule has 0 radical (unpaired) electrons. The van der Waals surface area contributed by atoms with E-state index in [1.807, 2.05) is 6.07 Å². The molecule has 0 aliphatic heterocycles. The maximum absolute atomic E-state index is 5.74. The molecule has 0 heterocycles. The molecule has 0 fully saturated rings. The van der Waals surface area contributed by atoms with Gasteiger partial charge >= 0.3 is 0 Å². The van der Waals surface area contributed by atoms with Gasteiger partial charge in [0.25, 0.3) is 0 Å². The lowest BCUT2D eigenvalue weighted by Gasteiger charge is -2.11. The first kappa shape index (κ1) is 13.6. The lowest BCUT2D eigenvalue weighted by Crippen LogP contribution is -1.97. The average Bonchev–Trinajstić information content (AvgIpc) is 2.46. The SMILES string of the molecule is COc1cc(CN)cc(-c2cccc(C(C)C)c2)c1. The van der Waals surface area contributed by atoms with Gasteiger partial charge in [0.05, 0.1) is 7.11 Å². The molecule has 0 bridgehead atoms. The highest BCUT2D eigenvalue weighted by Gasteiger charge is 2.05. The molecule has 2 nitrogen and oxygen atoms in total. The molecule has 2 aromatic rings. The lowest BCUT2D eigenvalue weighted by atomic mass is 9.96. The van der Waals surface area contributed by atoms with E-state index in [0.29, 0.717) is 12.5 Å². The summed E-state index contributed by atoms with van der Waals surface area (Å²) in [6, 6.07) is 14.8. The molecule has 0 unspecified atom stereocenters. The number of ether oxygens (including phenoxy) is 1. The van der Waals surface area contributed by atoms with Crippen molar-refractivity contribution in [3.63, 3.8) is 0 Å². The van der Waals surface area contributed by atoms with Gasteiger partial charge in [-0.3, -0.25) is 0 Å². The number of hydrogen-bond acceptors (Lipinski definition) is 2. The van der Waals surface area contributed by atoms with E-state index in [9.17, 15) is 0 Å². The topological polar surface area (TPSA) is 35.2 Å². The van der Waals surface area contributed by atoms with Crippen LogP contribution in [0.4, 0.5) is 0 Å². The van der Waals surface area contributed by atoms with Crippen LogP contribution in [0, 0.1) is 0 Å². The van der Waals surface area contributed by atoms with E-state index in [2.05, 4.69) is 50.2 Å². The summed E-state index contributed by atoms with van der Waals surface area (Å²) in [5.41, 5.74) is 10.5. The molecule has 2 heteroatoms. The molecule has 0 aromatic heterocycles. The first-order valence-electron chi connectivity index (χ1n) is 6.62. The Labute approximate surface area is 115 Å². The van der Waals surface area contributed by atoms with Crippen LogP contribution < -0.4 is 10.5 Å². The summed E-state index contributed by atoms with van der Waals surface area (Å²) in [4.78, 5) is 0. The van der Waals surface area contributed by atoms with Crippen molar-refractivity contribution in [3.05, 3.63) is 53.6 Å². The highest BCUT2D eigenvalue weighted by Crippen LogP contribution is 2.28. The van der Waals surface area contributed by atoms with Crippen molar-refractivity contribution in [1.29, 1.82) is 0 Å². The Balaban J connectivity index is 2.48. The van der Waals surface area contributed by atoms with Gasteiger partial charge in [-0.15, -0.1) is 0 Å². The van der Waals surface area contributed by atoms with Gasteiger partial charge in [-0.25, -0.2) is 0 Å². The quantitative estimate of drug-likeness (QED) is 0.898. The smallest absolute Gasteiger partial charge is 0.119 e. The van der Waals surface area contributed by atoms with E-state index in [4.69, 9.17) is 10.5 Å². The Morgan fingerprint density at radius 2 is 1.84 bits per heavy atom. The van der Waals surface area contributed by atoms with E-state index in [0.717, 1.165) is 16.9 Å². The maximum Gasteiger partial charge on any atom is 0.119 e. The third-order valence-electron chi connectivity index (χ3n) is 3.32. The summed E-state index contributed by atoms with van der Waals surface area (Å²) >= 11 is 0. The molecule has 0 saturated heterocycles. The largest absolute Gasteiger partial charge is 0.497 e. The van der Waals surface area contributed by atoms with Gasteiger partial charge in [-0.2, -0.15) is 0 Å². The number of nitrogens with two attached hydrogens (primary N) is 1. The molecule has 0 aliphatic carbocycles. The molecule has 2 rings (SSSR count). The van der Waals surface area contributed by atoms with Crippen molar-refractivity contribution >= 4 is 0 Å². The van der Waals surface area contributed by atoms with Gasteiger partial charge in [0.2, 0.25) is 0 Å². The summed E-state index contributed by atoms with van der Waals surface area (Å²) in [7, 11) is 1.68. The van der Waals surface area contributed by atoms with Crippen LogP contribution in [-0.2, 0) is 6.54 Å². The van der Waals surface area contributed by atoms with Gasteiger partial charge in [0.15, 0.2) is 0 Å². The fourth-order valence-corrected chi connectivity index (χ4v) is 2.14. The molecule has 100 valence electrons. The van der Waals surface area contributed by atoms with Gasteiger partial charge in [0, 0.05) is 6.54 Å². The maximum atomic E-state index is 5.74. The van der Waals surface area contributed by atoms with Crippen LogP contribution in [0.2, 0.25) is 0 Å². The molecule has 19 heavy (non-hydrogen) atoms. The van der Waals surface area contributed by atoms with Crippen LogP contribution in [0.15, 0.2) is 42.5 Å². The molecule has 0 amide bonds. The van der Waals surface area contributed by atoms with Crippen LogP contribution in [0.25, 0.3) is 11.1 Å². The number of rotatable bonds is 4. The Kier molecular flexibility index (Phi) is 4.23. The average molecular weight is 255 g/mol. The molecule has 0 spiro atoms. The summed E-state index contributed by atoms with van der Waals surface area (Å²) in [5, 5.41) is 0. The molecular weight excluding hydrogens is 234 g/mol. The van der Waals surface area contributed by atoms with E-state index < -0.39 is 0 Å². The van der Waals surface area contributed by atoms with Crippen LogP contribution in [-0.4, -0.2) is 7.11 Å². The van der Waals surface area contributed by atoms with E-state index in [-0.39, 0.29) is 0 Å². The van der Waals surface area contributed by atoms with Gasteiger partial charge in [-0.1, -0.05) is 38.1 Å². The second-order valence-corrected chi connectivity index (χ2v) is 5.05. The minimum atomic E-state index is 0.522. The van der Waals surface area contributed by atoms with Crippen molar-refractivity contribution in [2.75, 3.05) is 7.11 Å². The van der Waals surface area contributed by atoms with Gasteiger partial charge in [-0.05, 0) is 46.4 Å². The zero-order chi connectivity index (χ0) is 13.8. The number of methoxy groups -OCH3 is 1. The number of hydrogen-bond donors (Lipinski definition) is 1. The molecule has 2 N–H and O–H groups in total. The van der Waals surface area contributed by atoms with E-state index in [1.54, 1.807) is 7.11 Å². The fourth-order valence-electron chi connectivity index (χ4n) is 2.14. The van der Waals surface area contributed by atoms with E-state index >= 15 is 0 Å². The van der Waals surface area contributed by atoms with Crippen LogP contribution >= 0.6 is 0 Å². The second kappa shape index (κ2) is 5.89. The minimum absolute atomic E-state index is 0.522. The Bertz CT molecular complexity index is 539. The normalized spacial score (nSPS) is 10.8. The molecule has 0 saturated carbocycles. The summed E-state index contributed by atoms with van der Waals surface area (Å²) in [5.74, 6) is 1.38. The highest BCUT2D eigenvalue weighted by molar-refractivity contribution is 5.67. The highest BCUT2D eigenvalue weighted by atomic mass is 16.5. The summed E-state index contributed by atoms with van der Waals surface area (Å²) in [6.45, 7) is 4.93. The summed E-state index contributed by atoms with van der Waals surface area (Å²) < 4.78 is 5.34. The predicted octanol–water partition coefficient (Wildman–Crippen LogP) is 3.94. The molecule has 2 aromatic carbocycles. The van der Waals surface area contributed by atoms with E-state index in [1.165, 1.54) is 11.1 Å². The van der Waals surface area contributed by atoms with Gasteiger partial charge in [0.1, 0.15) is 5.75 Å². The minimum Gasteiger partial charge on any atom is -0.497 e. The molecule has 0 aliphatic rings. The zero-order valence-electron chi connectivity index (χ0n) is 11.8. The Morgan fingerprint density at radius 3 is 2.47 bits per heavy atom. The van der Waals surface area contributed by atoms with Crippen molar-refractivity contribution in [2.45, 2.75) is 26.3 Å². The Morgan fingerprint density at radius 1 is 1.05 bits per heavy atom. The molecular formula is C17H21NO. The van der Waals surface area contributed by atoms with Crippen LogP contribution in [0.5, 0.6) is 5.75 Å². The first-order valence-corrected chi connectivity index (χ1v) is 6.62. The predicted molar refractivity (Wildman–Crippen MR) is 80.4 cm³/mol. The summed E-state index contributed by atoms with van der Waals surface area (Å²) in [6.07, 6.45) is 0. The van der Waals surface area contributed by atoms with Crippen molar-refractivity contribution in [1.82, 2.24) is 0 Å². The third-order valence-corrected chi connectivity index (χ3v) is 3.32. The monoisotopic (exact) mass is 255 g/mol. The fraction of sp³-hybridized carbons (Fsp3) is 0.294. The van der Waals surface area contributed by atoms with Crippen molar-refractivity contribution < 1.29 is 4.74 Å². The first-order chi connectivity index (χ1) is 9.13. The standard InChI is InChI=1S/C17H21NO/c1-12(2)14-5-4-6-15(9-14)16-7-13(11-18)8-17(10-16)19-3/h4-10,12H,11,18H2,1-3H3. The van der Waals surface area contributed by atoms with Crippen molar-refractivity contribution in [2.24, 2.45) is 5.73 Å². The van der Waals surface area contributed by atoms with Gasteiger partial charge < -0.3 is 10.5 Å². The molecule has 0 atom stereocenters. The number of benzene rings is 2. The van der Waals surface area contributed by atoms with Crippen LogP contribution in [0.3, 0.4) is 0 Å². The Hall–Kier alpha value is -1.80.